The summed E-state index contributed by atoms with van der Waals surface area (Å²) < 4.78 is 4.12. The van der Waals surface area contributed by atoms with Crippen molar-refractivity contribution in [2.24, 2.45) is 0 Å². The summed E-state index contributed by atoms with van der Waals surface area (Å²) in [4.78, 5) is 20.4. The molecule has 1 heterocycles. The van der Waals surface area contributed by atoms with Crippen LogP contribution in [0.3, 0.4) is 0 Å². The van der Waals surface area contributed by atoms with Gasteiger partial charge in [-0.25, -0.2) is 4.79 Å². The maximum absolute atomic E-state index is 10.7. The molecule has 1 saturated heterocycles. The highest BCUT2D eigenvalue weighted by atomic mass is 32.2. The molecular weight excluding hydrogens is 154 g/mol. The summed E-state index contributed by atoms with van der Waals surface area (Å²) in [5.74, 6) is 0.385. The molecule has 1 aliphatic heterocycles. The second-order valence-corrected chi connectivity index (χ2v) is 2.95. The fraction of sp³-hybridized carbons (Fsp3) is 0.600. The standard InChI is InChI=1S/C5H7NO3S/c7-3-9-5(8)4-6-1-2-10-4/h3-4,6H,1-2H2. The van der Waals surface area contributed by atoms with Crippen molar-refractivity contribution in [3.05, 3.63) is 0 Å². The highest BCUT2D eigenvalue weighted by molar-refractivity contribution is 8.00. The van der Waals surface area contributed by atoms with Crippen LogP contribution in [0.5, 0.6) is 0 Å². The summed E-state index contributed by atoms with van der Waals surface area (Å²) in [6.45, 7) is 0.951. The number of carbonyl (C=O) groups is 2. The molecule has 1 unspecified atom stereocenters. The van der Waals surface area contributed by atoms with E-state index in [2.05, 4.69) is 10.1 Å². The number of esters is 1. The minimum atomic E-state index is -0.502. The van der Waals surface area contributed by atoms with Crippen LogP contribution in [0, 0.1) is 0 Å². The van der Waals surface area contributed by atoms with Gasteiger partial charge in [0.15, 0.2) is 5.37 Å². The zero-order valence-electron chi connectivity index (χ0n) is 5.20. The number of rotatable bonds is 2. The van der Waals surface area contributed by atoms with Gasteiger partial charge in [0.1, 0.15) is 0 Å². The largest absolute Gasteiger partial charge is 0.394 e. The highest BCUT2D eigenvalue weighted by Gasteiger charge is 2.23. The Morgan fingerprint density at radius 3 is 3.10 bits per heavy atom. The Hall–Kier alpha value is -0.550. The quantitative estimate of drug-likeness (QED) is 0.331. The molecule has 56 valence electrons. The average Bonchev–Trinajstić information content (AvgIpc) is 2.38. The van der Waals surface area contributed by atoms with Gasteiger partial charge in [-0.3, -0.25) is 10.1 Å². The van der Waals surface area contributed by atoms with E-state index in [0.717, 1.165) is 12.3 Å². The number of ether oxygens (including phenoxy) is 1. The van der Waals surface area contributed by atoms with E-state index < -0.39 is 5.97 Å². The lowest BCUT2D eigenvalue weighted by atomic mass is 10.6. The Labute approximate surface area is 62.3 Å². The third-order valence-corrected chi connectivity index (χ3v) is 2.23. The lowest BCUT2D eigenvalue weighted by Gasteiger charge is -2.03. The lowest BCUT2D eigenvalue weighted by Crippen LogP contribution is -2.30. The van der Waals surface area contributed by atoms with Crippen molar-refractivity contribution in [3.63, 3.8) is 0 Å². The molecule has 0 aromatic rings. The van der Waals surface area contributed by atoms with E-state index in [1.54, 1.807) is 0 Å². The van der Waals surface area contributed by atoms with E-state index in [4.69, 9.17) is 0 Å². The molecule has 0 saturated carbocycles. The zero-order chi connectivity index (χ0) is 7.40. The summed E-state index contributed by atoms with van der Waals surface area (Å²) >= 11 is 1.45. The van der Waals surface area contributed by atoms with E-state index in [1.807, 2.05) is 0 Å². The Morgan fingerprint density at radius 1 is 1.80 bits per heavy atom. The van der Waals surface area contributed by atoms with E-state index in [-0.39, 0.29) is 11.8 Å². The van der Waals surface area contributed by atoms with Crippen LogP contribution < -0.4 is 5.32 Å². The molecule has 0 aromatic heterocycles. The van der Waals surface area contributed by atoms with Gasteiger partial charge in [-0.1, -0.05) is 0 Å². The first kappa shape index (κ1) is 7.56. The van der Waals surface area contributed by atoms with Crippen LogP contribution in [0.1, 0.15) is 0 Å². The van der Waals surface area contributed by atoms with Crippen molar-refractivity contribution < 1.29 is 14.3 Å². The molecule has 0 amide bonds. The van der Waals surface area contributed by atoms with Crippen LogP contribution in [0.4, 0.5) is 0 Å². The SMILES string of the molecule is O=COC(=O)C1NCCS1. The smallest absolute Gasteiger partial charge is 0.341 e. The average molecular weight is 161 g/mol. The van der Waals surface area contributed by atoms with E-state index >= 15 is 0 Å². The molecule has 10 heavy (non-hydrogen) atoms. The van der Waals surface area contributed by atoms with Crippen LogP contribution in [0.25, 0.3) is 0 Å². The predicted molar refractivity (Wildman–Crippen MR) is 36.4 cm³/mol. The van der Waals surface area contributed by atoms with Crippen molar-refractivity contribution in [1.29, 1.82) is 0 Å². The summed E-state index contributed by atoms with van der Waals surface area (Å²) in [6.07, 6.45) is 0. The Kier molecular flexibility index (Phi) is 2.70. The minimum absolute atomic E-state index is 0.156. The van der Waals surface area contributed by atoms with Gasteiger partial charge < -0.3 is 4.74 Å². The van der Waals surface area contributed by atoms with E-state index in [1.165, 1.54) is 11.8 Å². The molecule has 0 aromatic carbocycles. The molecule has 1 N–H and O–H groups in total. The van der Waals surface area contributed by atoms with Crippen LogP contribution in [0.2, 0.25) is 0 Å². The predicted octanol–water partition coefficient (Wildman–Crippen LogP) is -0.651. The number of nitrogens with one attached hydrogen (secondary N) is 1. The molecule has 1 atom stereocenters. The van der Waals surface area contributed by atoms with Gasteiger partial charge in [-0.2, -0.15) is 0 Å². The van der Waals surface area contributed by atoms with Crippen LogP contribution in [-0.2, 0) is 14.3 Å². The maximum atomic E-state index is 10.7. The third kappa shape index (κ3) is 1.71. The normalized spacial score (nSPS) is 24.2. The second-order valence-electron chi connectivity index (χ2n) is 1.74. The summed E-state index contributed by atoms with van der Waals surface area (Å²) in [5, 5.41) is 2.53. The first-order valence-electron chi connectivity index (χ1n) is 2.83. The summed E-state index contributed by atoms with van der Waals surface area (Å²) in [5.41, 5.74) is 0. The maximum Gasteiger partial charge on any atom is 0.341 e. The van der Waals surface area contributed by atoms with Crippen LogP contribution >= 0.6 is 11.8 Å². The Bertz CT molecular complexity index is 144. The van der Waals surface area contributed by atoms with Gasteiger partial charge in [0.05, 0.1) is 0 Å². The fourth-order valence-corrected chi connectivity index (χ4v) is 1.59. The second kappa shape index (κ2) is 3.58. The third-order valence-electron chi connectivity index (χ3n) is 1.09. The molecule has 0 radical (unpaired) electrons. The van der Waals surface area contributed by atoms with Crippen molar-refractivity contribution >= 4 is 24.2 Å². The van der Waals surface area contributed by atoms with Crippen LogP contribution in [-0.4, -0.2) is 30.1 Å². The van der Waals surface area contributed by atoms with Gasteiger partial charge in [0, 0.05) is 12.3 Å². The molecule has 1 fully saturated rings. The zero-order valence-corrected chi connectivity index (χ0v) is 6.02. The first-order chi connectivity index (χ1) is 4.84. The van der Waals surface area contributed by atoms with Gasteiger partial charge >= 0.3 is 12.4 Å². The molecule has 5 heteroatoms. The van der Waals surface area contributed by atoms with Crippen molar-refractivity contribution in [2.75, 3.05) is 12.3 Å². The molecule has 1 aliphatic rings. The molecule has 0 bridgehead atoms. The lowest BCUT2D eigenvalue weighted by molar-refractivity contribution is -0.151. The van der Waals surface area contributed by atoms with E-state index in [9.17, 15) is 9.59 Å². The van der Waals surface area contributed by atoms with Crippen molar-refractivity contribution in [2.45, 2.75) is 5.37 Å². The number of thioether (sulfide) groups is 1. The summed E-state index contributed by atoms with van der Waals surface area (Å²) in [6, 6.07) is 0. The van der Waals surface area contributed by atoms with E-state index in [0.29, 0.717) is 0 Å². The molecular formula is C5H7NO3S. The number of hydrogen-bond donors (Lipinski definition) is 1. The van der Waals surface area contributed by atoms with Crippen molar-refractivity contribution in [3.8, 4) is 0 Å². The molecule has 4 nitrogen and oxygen atoms in total. The van der Waals surface area contributed by atoms with Crippen LogP contribution in [0.15, 0.2) is 0 Å². The van der Waals surface area contributed by atoms with Crippen molar-refractivity contribution in [1.82, 2.24) is 5.32 Å². The molecule has 1 rings (SSSR count). The number of carbonyl (C=O) groups excluding carboxylic acids is 2. The first-order valence-corrected chi connectivity index (χ1v) is 3.88. The Balaban J connectivity index is 2.32. The minimum Gasteiger partial charge on any atom is -0.394 e. The monoisotopic (exact) mass is 161 g/mol. The van der Waals surface area contributed by atoms with Gasteiger partial charge in [0.25, 0.3) is 0 Å². The molecule has 0 aliphatic carbocycles. The molecule has 0 spiro atoms. The van der Waals surface area contributed by atoms with Gasteiger partial charge in [-0.15, -0.1) is 11.8 Å². The summed E-state index contributed by atoms with van der Waals surface area (Å²) in [7, 11) is 0. The van der Waals surface area contributed by atoms with Gasteiger partial charge in [0.2, 0.25) is 0 Å². The highest BCUT2D eigenvalue weighted by Crippen LogP contribution is 2.13. The fourth-order valence-electron chi connectivity index (χ4n) is 0.686. The topological polar surface area (TPSA) is 55.4 Å². The Morgan fingerprint density at radius 2 is 2.60 bits per heavy atom. The number of hydrogen-bond acceptors (Lipinski definition) is 5. The van der Waals surface area contributed by atoms with Gasteiger partial charge in [-0.05, 0) is 0 Å².